The number of hydrogen-bond acceptors (Lipinski definition) is 1. The summed E-state index contributed by atoms with van der Waals surface area (Å²) in [5.74, 6) is 1.11. The van der Waals surface area contributed by atoms with Crippen LogP contribution in [-0.4, -0.2) is 5.78 Å². The molecule has 0 spiro atoms. The van der Waals surface area contributed by atoms with Crippen LogP contribution in [0.1, 0.15) is 25.3 Å². The zero-order chi connectivity index (χ0) is 10.3. The van der Waals surface area contributed by atoms with Gasteiger partial charge in [0.1, 0.15) is 5.78 Å². The van der Waals surface area contributed by atoms with E-state index in [1.54, 1.807) is 0 Å². The van der Waals surface area contributed by atoms with Crippen LogP contribution in [0.3, 0.4) is 0 Å². The summed E-state index contributed by atoms with van der Waals surface area (Å²) in [4.78, 5) is 11.4. The van der Waals surface area contributed by atoms with Gasteiger partial charge in [-0.15, -0.1) is 0 Å². The number of hydrogen-bond donors (Lipinski definition) is 0. The fourth-order valence-electron chi connectivity index (χ4n) is 2.35. The highest BCUT2D eigenvalue weighted by Gasteiger charge is 2.44. The van der Waals surface area contributed by atoms with E-state index in [4.69, 9.17) is 11.6 Å². The summed E-state index contributed by atoms with van der Waals surface area (Å²) >= 11 is 5.81. The molecule has 0 saturated heterocycles. The van der Waals surface area contributed by atoms with Gasteiger partial charge in [0.15, 0.2) is 0 Å². The fraction of sp³-hybridized carbons (Fsp3) is 0.417. The number of halogens is 1. The molecule has 1 aliphatic carbocycles. The van der Waals surface area contributed by atoms with Crippen molar-refractivity contribution >= 4 is 17.4 Å². The fourth-order valence-corrected chi connectivity index (χ4v) is 2.47. The van der Waals surface area contributed by atoms with Crippen molar-refractivity contribution in [3.05, 3.63) is 34.9 Å². The zero-order valence-electron chi connectivity index (χ0n) is 8.33. The molecule has 2 heteroatoms. The van der Waals surface area contributed by atoms with Crippen molar-refractivity contribution < 1.29 is 4.79 Å². The Bertz CT molecular complexity index is 343. The van der Waals surface area contributed by atoms with Crippen LogP contribution in [0.5, 0.6) is 0 Å². The molecule has 0 amide bonds. The SMILES string of the molecule is CC1C(=O)C(C)C1c1ccc(Cl)cc1. The van der Waals surface area contributed by atoms with Gasteiger partial charge in [-0.1, -0.05) is 37.6 Å². The minimum absolute atomic E-state index is 0.172. The number of carbonyl (C=O) groups excluding carboxylic acids is 1. The van der Waals surface area contributed by atoms with E-state index in [-0.39, 0.29) is 11.8 Å². The van der Waals surface area contributed by atoms with E-state index in [9.17, 15) is 4.79 Å². The largest absolute Gasteiger partial charge is 0.299 e. The summed E-state index contributed by atoms with van der Waals surface area (Å²) in [6.45, 7) is 4.00. The molecule has 0 aromatic heterocycles. The summed E-state index contributed by atoms with van der Waals surface area (Å²) in [5.41, 5.74) is 1.23. The predicted octanol–water partition coefficient (Wildman–Crippen LogP) is 3.28. The van der Waals surface area contributed by atoms with Crippen LogP contribution in [0.4, 0.5) is 0 Å². The van der Waals surface area contributed by atoms with Gasteiger partial charge in [-0.3, -0.25) is 4.79 Å². The molecule has 0 aliphatic heterocycles. The summed E-state index contributed by atoms with van der Waals surface area (Å²) in [6.07, 6.45) is 0. The monoisotopic (exact) mass is 208 g/mol. The Labute approximate surface area is 89.1 Å². The van der Waals surface area contributed by atoms with Gasteiger partial charge < -0.3 is 0 Å². The minimum Gasteiger partial charge on any atom is -0.299 e. The Balaban J connectivity index is 2.24. The van der Waals surface area contributed by atoms with Crippen LogP contribution >= 0.6 is 11.6 Å². The summed E-state index contributed by atoms with van der Waals surface area (Å²) in [7, 11) is 0. The first-order valence-corrected chi connectivity index (χ1v) is 5.28. The summed E-state index contributed by atoms with van der Waals surface area (Å²) < 4.78 is 0. The molecular formula is C12H13ClO. The second kappa shape index (κ2) is 3.39. The molecule has 2 atom stereocenters. The molecule has 2 rings (SSSR count). The van der Waals surface area contributed by atoms with Gasteiger partial charge >= 0.3 is 0 Å². The predicted molar refractivity (Wildman–Crippen MR) is 57.5 cm³/mol. The first-order valence-electron chi connectivity index (χ1n) is 4.90. The number of carbonyl (C=O) groups is 1. The van der Waals surface area contributed by atoms with E-state index in [0.29, 0.717) is 11.7 Å². The van der Waals surface area contributed by atoms with Crippen LogP contribution in [0.25, 0.3) is 0 Å². The third kappa shape index (κ3) is 1.36. The molecule has 1 saturated carbocycles. The summed E-state index contributed by atoms with van der Waals surface area (Å²) in [5, 5.41) is 0.750. The van der Waals surface area contributed by atoms with Gasteiger partial charge in [0.25, 0.3) is 0 Å². The van der Waals surface area contributed by atoms with Crippen LogP contribution in [0.15, 0.2) is 24.3 Å². The molecule has 1 fully saturated rings. The smallest absolute Gasteiger partial charge is 0.139 e. The molecular weight excluding hydrogens is 196 g/mol. The number of Topliss-reactive ketones (excluding diaryl/α,β-unsaturated/α-hetero) is 1. The average Bonchev–Trinajstić information content (AvgIpc) is 2.21. The standard InChI is InChI=1S/C12H13ClO/c1-7-11(8(2)12(7)14)9-3-5-10(13)6-4-9/h3-8,11H,1-2H3. The Morgan fingerprint density at radius 2 is 1.57 bits per heavy atom. The third-order valence-corrected chi connectivity index (χ3v) is 3.48. The molecule has 1 aliphatic rings. The molecule has 0 N–H and O–H groups in total. The van der Waals surface area contributed by atoms with E-state index >= 15 is 0 Å². The maximum absolute atomic E-state index is 11.4. The van der Waals surface area contributed by atoms with Gasteiger partial charge in [-0.25, -0.2) is 0 Å². The van der Waals surface area contributed by atoms with Crippen molar-refractivity contribution in [3.8, 4) is 0 Å². The maximum atomic E-state index is 11.4. The first-order chi connectivity index (χ1) is 6.61. The van der Waals surface area contributed by atoms with Gasteiger partial charge in [0.05, 0.1) is 0 Å². The third-order valence-electron chi connectivity index (χ3n) is 3.23. The molecule has 0 heterocycles. The van der Waals surface area contributed by atoms with Gasteiger partial charge in [0.2, 0.25) is 0 Å². The highest BCUT2D eigenvalue weighted by atomic mass is 35.5. The quantitative estimate of drug-likeness (QED) is 0.692. The average molecular weight is 209 g/mol. The topological polar surface area (TPSA) is 17.1 Å². The van der Waals surface area contributed by atoms with Crippen molar-refractivity contribution in [1.82, 2.24) is 0 Å². The van der Waals surface area contributed by atoms with E-state index < -0.39 is 0 Å². The van der Waals surface area contributed by atoms with Crippen LogP contribution in [0, 0.1) is 11.8 Å². The van der Waals surface area contributed by atoms with E-state index in [1.165, 1.54) is 5.56 Å². The molecule has 1 nitrogen and oxygen atoms in total. The Hall–Kier alpha value is -0.820. The van der Waals surface area contributed by atoms with Crippen molar-refractivity contribution in [2.45, 2.75) is 19.8 Å². The Kier molecular flexibility index (Phi) is 2.36. The maximum Gasteiger partial charge on any atom is 0.139 e. The van der Waals surface area contributed by atoms with Crippen molar-refractivity contribution in [1.29, 1.82) is 0 Å². The van der Waals surface area contributed by atoms with Crippen LogP contribution < -0.4 is 0 Å². The lowest BCUT2D eigenvalue weighted by atomic mass is 9.62. The van der Waals surface area contributed by atoms with Gasteiger partial charge in [-0.2, -0.15) is 0 Å². The van der Waals surface area contributed by atoms with E-state index in [0.717, 1.165) is 5.02 Å². The second-order valence-corrected chi connectivity index (χ2v) is 4.49. The lowest BCUT2D eigenvalue weighted by molar-refractivity contribution is -0.136. The lowest BCUT2D eigenvalue weighted by Crippen LogP contribution is -2.42. The molecule has 2 unspecified atom stereocenters. The second-order valence-electron chi connectivity index (χ2n) is 4.06. The Morgan fingerprint density at radius 3 is 2.07 bits per heavy atom. The molecule has 0 bridgehead atoms. The molecule has 1 aromatic carbocycles. The zero-order valence-corrected chi connectivity index (χ0v) is 9.08. The Morgan fingerprint density at radius 1 is 1.07 bits per heavy atom. The number of benzene rings is 1. The van der Waals surface area contributed by atoms with Crippen molar-refractivity contribution in [2.75, 3.05) is 0 Å². The highest BCUT2D eigenvalue weighted by molar-refractivity contribution is 6.30. The van der Waals surface area contributed by atoms with Crippen molar-refractivity contribution in [2.24, 2.45) is 11.8 Å². The number of rotatable bonds is 1. The first kappa shape index (κ1) is 9.72. The molecule has 14 heavy (non-hydrogen) atoms. The molecule has 74 valence electrons. The molecule has 0 radical (unpaired) electrons. The van der Waals surface area contributed by atoms with Gasteiger partial charge in [0, 0.05) is 22.8 Å². The minimum atomic E-state index is 0.172. The van der Waals surface area contributed by atoms with Crippen LogP contribution in [-0.2, 0) is 4.79 Å². The molecule has 1 aromatic rings. The van der Waals surface area contributed by atoms with Crippen molar-refractivity contribution in [3.63, 3.8) is 0 Å². The van der Waals surface area contributed by atoms with Crippen LogP contribution in [0.2, 0.25) is 5.02 Å². The lowest BCUT2D eigenvalue weighted by Gasteiger charge is -2.39. The number of ketones is 1. The highest BCUT2D eigenvalue weighted by Crippen LogP contribution is 2.44. The normalized spacial score (nSPS) is 31.4. The summed E-state index contributed by atoms with van der Waals surface area (Å²) in [6, 6.07) is 7.82. The van der Waals surface area contributed by atoms with E-state index in [1.807, 2.05) is 38.1 Å². The van der Waals surface area contributed by atoms with Gasteiger partial charge in [-0.05, 0) is 17.7 Å². The van der Waals surface area contributed by atoms with E-state index in [2.05, 4.69) is 0 Å².